The van der Waals surface area contributed by atoms with E-state index in [9.17, 15) is 9.59 Å². The number of anilines is 1. The summed E-state index contributed by atoms with van der Waals surface area (Å²) in [7, 11) is 0. The summed E-state index contributed by atoms with van der Waals surface area (Å²) in [6.07, 6.45) is 5.44. The topological polar surface area (TPSA) is 96.6 Å². The molecular weight excluding hydrogens is 448 g/mol. The second kappa shape index (κ2) is 8.62. The molecule has 2 aromatic heterocycles. The summed E-state index contributed by atoms with van der Waals surface area (Å²) in [5, 5.41) is 7.14. The van der Waals surface area contributed by atoms with Gasteiger partial charge in [-0.25, -0.2) is 5.43 Å². The summed E-state index contributed by atoms with van der Waals surface area (Å²) in [6, 6.07) is 10.7. The van der Waals surface area contributed by atoms with E-state index in [1.165, 1.54) is 0 Å². The van der Waals surface area contributed by atoms with Crippen molar-refractivity contribution in [3.05, 3.63) is 81.5 Å². The van der Waals surface area contributed by atoms with Crippen LogP contribution in [0, 0.1) is 6.92 Å². The van der Waals surface area contributed by atoms with Crippen molar-refractivity contribution < 1.29 is 14.0 Å². The maximum absolute atomic E-state index is 12.7. The van der Waals surface area contributed by atoms with Crippen LogP contribution in [0.25, 0.3) is 0 Å². The van der Waals surface area contributed by atoms with Crippen molar-refractivity contribution in [1.29, 1.82) is 0 Å². The number of benzene rings is 1. The quantitative estimate of drug-likeness (QED) is 0.554. The van der Waals surface area contributed by atoms with Crippen LogP contribution >= 0.6 is 15.9 Å². The van der Waals surface area contributed by atoms with Gasteiger partial charge in [0.25, 0.3) is 11.8 Å². The molecule has 2 amide bonds. The Hall–Kier alpha value is -3.26. The molecule has 0 radical (unpaired) electrons. The van der Waals surface area contributed by atoms with Crippen LogP contribution in [0.4, 0.5) is 5.69 Å². The van der Waals surface area contributed by atoms with Crippen molar-refractivity contribution in [3.8, 4) is 0 Å². The zero-order chi connectivity index (χ0) is 21.1. The number of fused-ring (bicyclic) bond motifs is 1. The Bertz CT molecular complexity index is 1140. The number of pyridine rings is 1. The standard InChI is InChI=1S/C22H19BrN4O3/c1-13-19-17(26-27-21(28)15-7-2-3-8-16(15)23)9-4-10-18(19)30-20(13)22(29)25-14-6-5-11-24-12-14/h2-3,5-8,11-12H,4,9-10H2,1H3,(H,25,29)(H,27,28)/b26-17+. The van der Waals surface area contributed by atoms with Gasteiger partial charge in [0.2, 0.25) is 0 Å². The maximum Gasteiger partial charge on any atom is 0.291 e. The third-order valence-corrected chi connectivity index (χ3v) is 5.55. The molecule has 0 saturated carbocycles. The number of aromatic nitrogens is 1. The lowest BCUT2D eigenvalue weighted by Crippen LogP contribution is -2.22. The zero-order valence-electron chi connectivity index (χ0n) is 16.2. The Kier molecular flexibility index (Phi) is 5.76. The van der Waals surface area contributed by atoms with Crippen molar-refractivity contribution in [1.82, 2.24) is 10.4 Å². The van der Waals surface area contributed by atoms with Gasteiger partial charge < -0.3 is 9.73 Å². The first-order chi connectivity index (χ1) is 14.5. The van der Waals surface area contributed by atoms with Crippen molar-refractivity contribution in [2.45, 2.75) is 26.2 Å². The molecule has 0 fully saturated rings. The van der Waals surface area contributed by atoms with Crippen molar-refractivity contribution in [3.63, 3.8) is 0 Å². The van der Waals surface area contributed by atoms with Gasteiger partial charge in [0.1, 0.15) is 5.76 Å². The Balaban J connectivity index is 1.58. The number of hydrogen-bond donors (Lipinski definition) is 2. The van der Waals surface area contributed by atoms with E-state index in [4.69, 9.17) is 4.42 Å². The fourth-order valence-electron chi connectivity index (χ4n) is 3.45. The minimum atomic E-state index is -0.341. The fraction of sp³-hybridized carbons (Fsp3) is 0.182. The average molecular weight is 467 g/mol. The van der Waals surface area contributed by atoms with Gasteiger partial charge in [0.15, 0.2) is 5.76 Å². The lowest BCUT2D eigenvalue weighted by Gasteiger charge is -2.13. The van der Waals surface area contributed by atoms with Crippen LogP contribution in [-0.2, 0) is 6.42 Å². The van der Waals surface area contributed by atoms with Crippen molar-refractivity contribution in [2.75, 3.05) is 5.32 Å². The van der Waals surface area contributed by atoms with Gasteiger partial charge in [-0.05, 0) is 60.0 Å². The van der Waals surface area contributed by atoms with Crippen LogP contribution < -0.4 is 10.7 Å². The monoisotopic (exact) mass is 466 g/mol. The number of carbonyl (C=O) groups excluding carboxylic acids is 2. The highest BCUT2D eigenvalue weighted by atomic mass is 79.9. The van der Waals surface area contributed by atoms with E-state index in [1.54, 1.807) is 42.7 Å². The van der Waals surface area contributed by atoms with E-state index in [-0.39, 0.29) is 17.6 Å². The lowest BCUT2D eigenvalue weighted by atomic mass is 9.93. The fourth-order valence-corrected chi connectivity index (χ4v) is 3.91. The molecule has 1 aliphatic carbocycles. The van der Waals surface area contributed by atoms with Crippen molar-refractivity contribution in [2.24, 2.45) is 5.10 Å². The first-order valence-corrected chi connectivity index (χ1v) is 10.3. The summed E-state index contributed by atoms with van der Waals surface area (Å²) in [5.74, 6) is 0.309. The lowest BCUT2D eigenvalue weighted by molar-refractivity contribution is 0.0952. The Morgan fingerprint density at radius 3 is 2.73 bits per heavy atom. The molecule has 8 heteroatoms. The Labute approximate surface area is 181 Å². The summed E-state index contributed by atoms with van der Waals surface area (Å²) in [4.78, 5) is 29.2. The summed E-state index contributed by atoms with van der Waals surface area (Å²) in [6.45, 7) is 1.83. The molecule has 1 aliphatic rings. The molecule has 2 N–H and O–H groups in total. The van der Waals surface area contributed by atoms with E-state index >= 15 is 0 Å². The van der Waals surface area contributed by atoms with Gasteiger partial charge in [-0.1, -0.05) is 12.1 Å². The molecule has 2 heterocycles. The van der Waals surface area contributed by atoms with Crippen LogP contribution in [0.1, 0.15) is 50.6 Å². The zero-order valence-corrected chi connectivity index (χ0v) is 17.8. The molecule has 0 unspecified atom stereocenters. The first kappa shape index (κ1) is 20.0. The number of hydrazone groups is 1. The van der Waals surface area contributed by atoms with Crippen LogP contribution in [0.15, 0.2) is 62.8 Å². The second-order valence-electron chi connectivity index (χ2n) is 6.88. The van der Waals surface area contributed by atoms with Gasteiger partial charge in [0, 0.05) is 28.2 Å². The van der Waals surface area contributed by atoms with Gasteiger partial charge in [-0.15, -0.1) is 0 Å². The minimum Gasteiger partial charge on any atom is -0.455 e. The number of carbonyl (C=O) groups is 2. The summed E-state index contributed by atoms with van der Waals surface area (Å²) in [5.41, 5.74) is 5.92. The summed E-state index contributed by atoms with van der Waals surface area (Å²) < 4.78 is 6.57. The van der Waals surface area contributed by atoms with Gasteiger partial charge in [-0.3, -0.25) is 14.6 Å². The molecule has 7 nitrogen and oxygen atoms in total. The number of halogens is 1. The minimum absolute atomic E-state index is 0.246. The van der Waals surface area contributed by atoms with Crippen LogP contribution in [0.5, 0.6) is 0 Å². The van der Waals surface area contributed by atoms with E-state index in [2.05, 4.69) is 36.8 Å². The molecular formula is C22H19BrN4O3. The molecule has 0 spiro atoms. The number of nitrogens with one attached hydrogen (secondary N) is 2. The highest BCUT2D eigenvalue weighted by Crippen LogP contribution is 2.30. The number of furan rings is 1. The number of amides is 2. The molecule has 0 saturated heterocycles. The number of aryl methyl sites for hydroxylation is 1. The predicted molar refractivity (Wildman–Crippen MR) is 117 cm³/mol. The maximum atomic E-state index is 12.7. The van der Waals surface area contributed by atoms with E-state index < -0.39 is 0 Å². The molecule has 1 aromatic carbocycles. The highest BCUT2D eigenvalue weighted by molar-refractivity contribution is 9.10. The van der Waals surface area contributed by atoms with E-state index in [0.29, 0.717) is 45.6 Å². The largest absolute Gasteiger partial charge is 0.455 e. The van der Waals surface area contributed by atoms with Crippen molar-refractivity contribution >= 4 is 39.1 Å². The van der Waals surface area contributed by atoms with Gasteiger partial charge in [0.05, 0.1) is 23.2 Å². The van der Waals surface area contributed by atoms with Gasteiger partial charge >= 0.3 is 0 Å². The van der Waals surface area contributed by atoms with Crippen LogP contribution in [-0.4, -0.2) is 22.5 Å². The number of nitrogens with zero attached hydrogens (tertiary/aromatic N) is 2. The first-order valence-electron chi connectivity index (χ1n) is 9.50. The smallest absolute Gasteiger partial charge is 0.291 e. The third kappa shape index (κ3) is 4.04. The van der Waals surface area contributed by atoms with Crippen LogP contribution in [0.2, 0.25) is 0 Å². The predicted octanol–water partition coefficient (Wildman–Crippen LogP) is 4.47. The molecule has 30 heavy (non-hydrogen) atoms. The third-order valence-electron chi connectivity index (χ3n) is 4.86. The molecule has 0 aliphatic heterocycles. The molecule has 4 rings (SSSR count). The average Bonchev–Trinajstić information content (AvgIpc) is 3.10. The Morgan fingerprint density at radius 2 is 1.97 bits per heavy atom. The number of hydrogen-bond acceptors (Lipinski definition) is 5. The van der Waals surface area contributed by atoms with E-state index in [1.807, 2.05) is 13.0 Å². The molecule has 0 atom stereocenters. The summed E-state index contributed by atoms with van der Waals surface area (Å²) >= 11 is 3.37. The molecule has 0 bridgehead atoms. The van der Waals surface area contributed by atoms with E-state index in [0.717, 1.165) is 12.0 Å². The van der Waals surface area contributed by atoms with Crippen LogP contribution in [0.3, 0.4) is 0 Å². The SMILES string of the molecule is Cc1c(C(=O)Nc2cccnc2)oc2c1/C(=N/NC(=O)c1ccccc1Br)CCC2. The second-order valence-corrected chi connectivity index (χ2v) is 7.74. The Morgan fingerprint density at radius 1 is 1.13 bits per heavy atom. The van der Waals surface area contributed by atoms with Gasteiger partial charge in [-0.2, -0.15) is 5.10 Å². The molecule has 152 valence electrons. The molecule has 3 aromatic rings. The normalized spacial score (nSPS) is 14.3. The highest BCUT2D eigenvalue weighted by Gasteiger charge is 2.28. The number of rotatable bonds is 4.